The van der Waals surface area contributed by atoms with Crippen LogP contribution >= 0.6 is 0 Å². The standard InChI is InChI=1S/C14H23N3O4/c1-14(2)12(20)15(3)8-9-17(14)13(21)16-7-5-4-6-10(16)11(18)19/h10H,4-9H2,1-3H3,(H,18,19). The second-order valence-electron chi connectivity index (χ2n) is 6.26. The lowest BCUT2D eigenvalue weighted by molar-refractivity contribution is -0.146. The Morgan fingerprint density at radius 2 is 1.86 bits per heavy atom. The smallest absolute Gasteiger partial charge is 0.326 e. The monoisotopic (exact) mass is 297 g/mol. The third kappa shape index (κ3) is 2.69. The first-order chi connectivity index (χ1) is 9.76. The molecule has 0 aromatic rings. The summed E-state index contributed by atoms with van der Waals surface area (Å²) in [6.45, 7) is 4.76. The second-order valence-corrected chi connectivity index (χ2v) is 6.26. The molecule has 2 rings (SSSR count). The lowest BCUT2D eigenvalue weighted by Gasteiger charge is -2.47. The Morgan fingerprint density at radius 3 is 2.48 bits per heavy atom. The number of aliphatic carboxylic acids is 1. The van der Waals surface area contributed by atoms with E-state index < -0.39 is 17.6 Å². The molecule has 1 N–H and O–H groups in total. The van der Waals surface area contributed by atoms with Crippen molar-refractivity contribution in [2.24, 2.45) is 0 Å². The van der Waals surface area contributed by atoms with Gasteiger partial charge >= 0.3 is 12.0 Å². The van der Waals surface area contributed by atoms with E-state index in [0.717, 1.165) is 12.8 Å². The molecule has 7 nitrogen and oxygen atoms in total. The Labute approximate surface area is 124 Å². The van der Waals surface area contributed by atoms with E-state index in [0.29, 0.717) is 26.1 Å². The fourth-order valence-corrected chi connectivity index (χ4v) is 3.12. The van der Waals surface area contributed by atoms with E-state index in [1.54, 1.807) is 25.8 Å². The van der Waals surface area contributed by atoms with E-state index in [-0.39, 0.29) is 11.9 Å². The molecule has 1 unspecified atom stereocenters. The van der Waals surface area contributed by atoms with Crippen molar-refractivity contribution >= 4 is 17.9 Å². The van der Waals surface area contributed by atoms with Crippen molar-refractivity contribution in [3.63, 3.8) is 0 Å². The Kier molecular flexibility index (Phi) is 4.11. The number of hydrogen-bond donors (Lipinski definition) is 1. The van der Waals surface area contributed by atoms with E-state index in [9.17, 15) is 19.5 Å². The topological polar surface area (TPSA) is 81.2 Å². The average Bonchev–Trinajstić information content (AvgIpc) is 2.44. The number of urea groups is 1. The van der Waals surface area contributed by atoms with Gasteiger partial charge in [-0.15, -0.1) is 0 Å². The normalized spacial score (nSPS) is 26.0. The van der Waals surface area contributed by atoms with Crippen LogP contribution in [0.15, 0.2) is 0 Å². The van der Waals surface area contributed by atoms with Crippen LogP contribution in [0.2, 0.25) is 0 Å². The number of carbonyl (C=O) groups excluding carboxylic acids is 2. The van der Waals surface area contributed by atoms with Crippen molar-refractivity contribution in [3.8, 4) is 0 Å². The summed E-state index contributed by atoms with van der Waals surface area (Å²) in [5.41, 5.74) is -0.940. The minimum Gasteiger partial charge on any atom is -0.480 e. The number of carbonyl (C=O) groups is 3. The highest BCUT2D eigenvalue weighted by atomic mass is 16.4. The highest BCUT2D eigenvalue weighted by Crippen LogP contribution is 2.26. The molecule has 0 aromatic heterocycles. The van der Waals surface area contributed by atoms with Crippen molar-refractivity contribution in [1.82, 2.24) is 14.7 Å². The molecular formula is C14H23N3O4. The van der Waals surface area contributed by atoms with Crippen molar-refractivity contribution in [3.05, 3.63) is 0 Å². The van der Waals surface area contributed by atoms with E-state index in [4.69, 9.17) is 0 Å². The third-order valence-electron chi connectivity index (χ3n) is 4.47. The number of piperidine rings is 1. The van der Waals surface area contributed by atoms with Crippen LogP contribution in [0, 0.1) is 0 Å². The molecule has 3 amide bonds. The Morgan fingerprint density at radius 1 is 1.19 bits per heavy atom. The maximum Gasteiger partial charge on any atom is 0.326 e. The van der Waals surface area contributed by atoms with Crippen LogP contribution in [0.4, 0.5) is 4.79 Å². The molecular weight excluding hydrogens is 274 g/mol. The SMILES string of the molecule is CN1CCN(C(=O)N2CCCCC2C(=O)O)C(C)(C)C1=O. The molecule has 0 aliphatic carbocycles. The van der Waals surface area contributed by atoms with Crippen LogP contribution in [-0.2, 0) is 9.59 Å². The van der Waals surface area contributed by atoms with Gasteiger partial charge in [0.15, 0.2) is 0 Å². The summed E-state index contributed by atoms with van der Waals surface area (Å²) in [6, 6.07) is -1.12. The largest absolute Gasteiger partial charge is 0.480 e. The Balaban J connectivity index is 2.22. The van der Waals surface area contributed by atoms with Gasteiger partial charge in [0.2, 0.25) is 5.91 Å². The number of carboxylic acids is 1. The van der Waals surface area contributed by atoms with Crippen LogP contribution in [0.3, 0.4) is 0 Å². The van der Waals surface area contributed by atoms with Gasteiger partial charge in [0, 0.05) is 26.7 Å². The van der Waals surface area contributed by atoms with E-state index >= 15 is 0 Å². The zero-order valence-electron chi connectivity index (χ0n) is 12.8. The molecule has 2 saturated heterocycles. The highest BCUT2D eigenvalue weighted by molar-refractivity contribution is 5.92. The molecule has 7 heteroatoms. The maximum absolute atomic E-state index is 12.8. The summed E-state index contributed by atoms with van der Waals surface area (Å²) in [4.78, 5) is 40.9. The molecule has 0 aromatic carbocycles. The van der Waals surface area contributed by atoms with Gasteiger partial charge < -0.3 is 19.8 Å². The van der Waals surface area contributed by atoms with Crippen molar-refractivity contribution in [1.29, 1.82) is 0 Å². The van der Waals surface area contributed by atoms with Gasteiger partial charge in [-0.2, -0.15) is 0 Å². The first-order valence-electron chi connectivity index (χ1n) is 7.33. The number of hydrogen-bond acceptors (Lipinski definition) is 3. The molecule has 0 bridgehead atoms. The summed E-state index contributed by atoms with van der Waals surface area (Å²) in [5, 5.41) is 9.29. The second kappa shape index (κ2) is 5.54. The molecule has 2 aliphatic rings. The van der Waals surface area contributed by atoms with Crippen LogP contribution < -0.4 is 0 Å². The first kappa shape index (κ1) is 15.6. The molecule has 0 spiro atoms. The minimum atomic E-state index is -0.971. The predicted octanol–water partition coefficient (Wildman–Crippen LogP) is 0.598. The number of nitrogens with zero attached hydrogens (tertiary/aromatic N) is 3. The zero-order valence-corrected chi connectivity index (χ0v) is 12.8. The van der Waals surface area contributed by atoms with Gasteiger partial charge in [0.25, 0.3) is 0 Å². The van der Waals surface area contributed by atoms with Gasteiger partial charge in [-0.3, -0.25) is 4.79 Å². The number of likely N-dealkylation sites (tertiary alicyclic amines) is 1. The van der Waals surface area contributed by atoms with Crippen LogP contribution in [-0.4, -0.2) is 76.0 Å². The molecule has 0 radical (unpaired) electrons. The van der Waals surface area contributed by atoms with Crippen molar-refractivity contribution in [2.45, 2.75) is 44.7 Å². The lowest BCUT2D eigenvalue weighted by Crippen LogP contribution is -2.67. The van der Waals surface area contributed by atoms with Gasteiger partial charge in [0.05, 0.1) is 0 Å². The van der Waals surface area contributed by atoms with E-state index in [1.807, 2.05) is 0 Å². The van der Waals surface area contributed by atoms with Crippen LogP contribution in [0.25, 0.3) is 0 Å². The van der Waals surface area contributed by atoms with Crippen LogP contribution in [0.1, 0.15) is 33.1 Å². The fourth-order valence-electron chi connectivity index (χ4n) is 3.12. The van der Waals surface area contributed by atoms with E-state index in [1.165, 1.54) is 9.80 Å². The summed E-state index contributed by atoms with van der Waals surface area (Å²) in [7, 11) is 1.72. The number of likely N-dealkylation sites (N-methyl/N-ethyl adjacent to an activating group) is 1. The number of piperazine rings is 1. The number of rotatable bonds is 1. The van der Waals surface area contributed by atoms with Crippen molar-refractivity contribution in [2.75, 3.05) is 26.7 Å². The molecule has 2 heterocycles. The van der Waals surface area contributed by atoms with Gasteiger partial charge in [-0.05, 0) is 33.1 Å². The fraction of sp³-hybridized carbons (Fsp3) is 0.786. The maximum atomic E-state index is 12.8. The number of carboxylic acid groups (broad SMARTS) is 1. The van der Waals surface area contributed by atoms with Gasteiger partial charge in [-0.1, -0.05) is 0 Å². The minimum absolute atomic E-state index is 0.119. The molecule has 2 aliphatic heterocycles. The predicted molar refractivity (Wildman–Crippen MR) is 75.8 cm³/mol. The molecule has 2 fully saturated rings. The quantitative estimate of drug-likeness (QED) is 0.768. The Hall–Kier alpha value is -1.79. The average molecular weight is 297 g/mol. The molecule has 118 valence electrons. The van der Waals surface area contributed by atoms with E-state index in [2.05, 4.69) is 0 Å². The molecule has 21 heavy (non-hydrogen) atoms. The van der Waals surface area contributed by atoms with Crippen molar-refractivity contribution < 1.29 is 19.5 Å². The third-order valence-corrected chi connectivity index (χ3v) is 4.47. The van der Waals surface area contributed by atoms with Gasteiger partial charge in [0.1, 0.15) is 11.6 Å². The summed E-state index contributed by atoms with van der Waals surface area (Å²) in [6.07, 6.45) is 2.09. The first-order valence-corrected chi connectivity index (χ1v) is 7.33. The Bertz CT molecular complexity index is 463. The molecule has 0 saturated carbocycles. The van der Waals surface area contributed by atoms with Gasteiger partial charge in [-0.25, -0.2) is 9.59 Å². The highest BCUT2D eigenvalue weighted by Gasteiger charge is 2.46. The summed E-state index contributed by atoms with van der Waals surface area (Å²) >= 11 is 0. The summed E-state index contributed by atoms with van der Waals surface area (Å²) < 4.78 is 0. The van der Waals surface area contributed by atoms with Crippen LogP contribution in [0.5, 0.6) is 0 Å². The zero-order chi connectivity index (χ0) is 15.8. The summed E-state index contributed by atoms with van der Waals surface area (Å²) in [5.74, 6) is -1.09. The number of amides is 3. The lowest BCUT2D eigenvalue weighted by atomic mass is 9.97. The molecule has 1 atom stereocenters.